The molecule has 0 atom stereocenters. The molecule has 0 heterocycles. The quantitative estimate of drug-likeness (QED) is 0.430. The molecule has 0 saturated heterocycles. The van der Waals surface area contributed by atoms with E-state index in [-0.39, 0.29) is 0 Å². The zero-order chi connectivity index (χ0) is 17.3. The average molecular weight is 337 g/mol. The Morgan fingerprint density at radius 1 is 0.667 bits per heavy atom. The Bertz CT molecular complexity index is 268. The van der Waals surface area contributed by atoms with Crippen LogP contribution in [0.25, 0.3) is 0 Å². The molecule has 0 aromatic rings. The number of hydrogen-bond donors (Lipinski definition) is 0. The van der Waals surface area contributed by atoms with Gasteiger partial charge in [-0.2, -0.15) is 0 Å². The first-order valence-electron chi connectivity index (χ1n) is 11.3. The molecule has 1 aliphatic carbocycles. The Hall–Kier alpha value is -0.330. The molecule has 0 bridgehead atoms. The van der Waals surface area contributed by atoms with Crippen molar-refractivity contribution in [2.75, 3.05) is 0 Å². The van der Waals surface area contributed by atoms with Crippen molar-refractivity contribution >= 4 is 5.78 Å². The molecule has 1 saturated carbocycles. The predicted molar refractivity (Wildman–Crippen MR) is 107 cm³/mol. The number of ketones is 1. The third kappa shape index (κ3) is 13.0. The molecule has 1 fully saturated rings. The van der Waals surface area contributed by atoms with E-state index in [0.29, 0.717) is 5.78 Å². The fraction of sp³-hybridized carbons (Fsp3) is 0.957. The van der Waals surface area contributed by atoms with E-state index in [9.17, 15) is 4.79 Å². The highest BCUT2D eigenvalue weighted by atomic mass is 16.1. The average Bonchev–Trinajstić information content (AvgIpc) is 2.58. The first-order chi connectivity index (χ1) is 11.8. The summed E-state index contributed by atoms with van der Waals surface area (Å²) in [6, 6.07) is 0. The minimum Gasteiger partial charge on any atom is -0.300 e. The van der Waals surface area contributed by atoms with Crippen molar-refractivity contribution in [2.24, 2.45) is 5.92 Å². The van der Waals surface area contributed by atoms with E-state index in [4.69, 9.17) is 0 Å². The second kappa shape index (κ2) is 16.2. The minimum absolute atomic E-state index is 0.486. The molecule has 1 aliphatic rings. The fourth-order valence-corrected chi connectivity index (χ4v) is 4.23. The second-order valence-electron chi connectivity index (χ2n) is 8.22. The highest BCUT2D eigenvalue weighted by Gasteiger charge is 2.10. The fourth-order valence-electron chi connectivity index (χ4n) is 4.23. The van der Waals surface area contributed by atoms with Gasteiger partial charge in [0.25, 0.3) is 0 Å². The second-order valence-corrected chi connectivity index (χ2v) is 8.22. The zero-order valence-corrected chi connectivity index (χ0v) is 16.6. The molecule has 1 heteroatoms. The van der Waals surface area contributed by atoms with E-state index in [1.54, 1.807) is 0 Å². The number of hydrogen-bond acceptors (Lipinski definition) is 1. The normalized spacial score (nSPS) is 20.2. The number of rotatable bonds is 7. The van der Waals surface area contributed by atoms with Crippen LogP contribution in [0.15, 0.2) is 0 Å². The molecule has 0 aromatic heterocycles. The maximum absolute atomic E-state index is 11.6. The van der Waals surface area contributed by atoms with Crippen LogP contribution in [0, 0.1) is 5.92 Å². The smallest absolute Gasteiger partial charge is 0.132 e. The molecule has 1 nitrogen and oxygen atoms in total. The van der Waals surface area contributed by atoms with Crippen LogP contribution >= 0.6 is 0 Å². The van der Waals surface area contributed by atoms with Gasteiger partial charge in [0, 0.05) is 12.8 Å². The summed E-state index contributed by atoms with van der Waals surface area (Å²) in [5.41, 5.74) is 0. The van der Waals surface area contributed by atoms with Crippen LogP contribution < -0.4 is 0 Å². The van der Waals surface area contributed by atoms with Crippen molar-refractivity contribution < 1.29 is 4.79 Å². The van der Waals surface area contributed by atoms with E-state index in [1.807, 2.05) is 0 Å². The van der Waals surface area contributed by atoms with Gasteiger partial charge in [-0.1, -0.05) is 110 Å². The third-order valence-electron chi connectivity index (χ3n) is 5.82. The molecule has 0 N–H and O–H groups in total. The van der Waals surface area contributed by atoms with E-state index in [0.717, 1.165) is 31.6 Å². The maximum atomic E-state index is 11.6. The van der Waals surface area contributed by atoms with Crippen molar-refractivity contribution in [3.8, 4) is 0 Å². The van der Waals surface area contributed by atoms with Crippen molar-refractivity contribution in [1.29, 1.82) is 0 Å². The number of carbonyl (C=O) groups is 1. The van der Waals surface area contributed by atoms with Crippen LogP contribution in [0.2, 0.25) is 0 Å². The Morgan fingerprint density at radius 2 is 1.12 bits per heavy atom. The first kappa shape index (κ1) is 21.7. The summed E-state index contributed by atoms with van der Waals surface area (Å²) in [7, 11) is 0. The molecule has 1 rings (SSSR count). The van der Waals surface area contributed by atoms with Crippen LogP contribution in [0.4, 0.5) is 0 Å². The summed E-state index contributed by atoms with van der Waals surface area (Å²) in [6.45, 7) is 2.11. The lowest BCUT2D eigenvalue weighted by atomic mass is 9.89. The lowest BCUT2D eigenvalue weighted by molar-refractivity contribution is -0.119. The Kier molecular flexibility index (Phi) is 14.6. The largest absolute Gasteiger partial charge is 0.300 e. The zero-order valence-electron chi connectivity index (χ0n) is 16.6. The summed E-state index contributed by atoms with van der Waals surface area (Å²) in [4.78, 5) is 11.6. The third-order valence-corrected chi connectivity index (χ3v) is 5.82. The van der Waals surface area contributed by atoms with E-state index in [1.165, 1.54) is 103 Å². The van der Waals surface area contributed by atoms with Crippen molar-refractivity contribution in [3.63, 3.8) is 0 Å². The molecular formula is C23H44O. The lowest BCUT2D eigenvalue weighted by Crippen LogP contribution is -2.03. The predicted octanol–water partition coefficient (Wildman–Crippen LogP) is 8.01. The van der Waals surface area contributed by atoms with E-state index < -0.39 is 0 Å². The Morgan fingerprint density at radius 3 is 1.58 bits per heavy atom. The molecule has 142 valence electrons. The van der Waals surface area contributed by atoms with Crippen LogP contribution in [-0.2, 0) is 4.79 Å². The van der Waals surface area contributed by atoms with Crippen molar-refractivity contribution in [3.05, 3.63) is 0 Å². The van der Waals surface area contributed by atoms with Gasteiger partial charge < -0.3 is 0 Å². The Balaban J connectivity index is 2.20. The minimum atomic E-state index is 0.486. The monoisotopic (exact) mass is 336 g/mol. The van der Waals surface area contributed by atoms with E-state index >= 15 is 0 Å². The van der Waals surface area contributed by atoms with Crippen LogP contribution in [0.3, 0.4) is 0 Å². The number of carbonyl (C=O) groups excluding carboxylic acids is 1. The van der Waals surface area contributed by atoms with Gasteiger partial charge in [0.1, 0.15) is 5.78 Å². The van der Waals surface area contributed by atoms with Crippen molar-refractivity contribution in [1.82, 2.24) is 0 Å². The highest BCUT2D eigenvalue weighted by molar-refractivity contribution is 5.78. The lowest BCUT2D eigenvalue weighted by Gasteiger charge is -2.17. The van der Waals surface area contributed by atoms with Crippen molar-refractivity contribution in [2.45, 2.75) is 135 Å². The molecule has 0 aliphatic heterocycles. The molecule has 0 amide bonds. The number of unbranched alkanes of at least 4 members (excludes halogenated alkanes) is 1. The van der Waals surface area contributed by atoms with E-state index in [2.05, 4.69) is 6.92 Å². The van der Waals surface area contributed by atoms with Crippen LogP contribution in [0.1, 0.15) is 135 Å². The maximum Gasteiger partial charge on any atom is 0.132 e. The summed E-state index contributed by atoms with van der Waals surface area (Å²) < 4.78 is 0. The van der Waals surface area contributed by atoms with Gasteiger partial charge in [0.15, 0.2) is 0 Å². The Labute approximate surface area is 152 Å². The number of Topliss-reactive ketones (excluding diaryl/α,β-unsaturated/α-hetero) is 1. The van der Waals surface area contributed by atoms with Gasteiger partial charge >= 0.3 is 0 Å². The summed E-state index contributed by atoms with van der Waals surface area (Å²) in [6.07, 6.45) is 26.8. The van der Waals surface area contributed by atoms with Gasteiger partial charge in [0.05, 0.1) is 0 Å². The van der Waals surface area contributed by atoms with Gasteiger partial charge in [-0.15, -0.1) is 0 Å². The van der Waals surface area contributed by atoms with Gasteiger partial charge in [-0.05, 0) is 18.8 Å². The van der Waals surface area contributed by atoms with Gasteiger partial charge in [-0.25, -0.2) is 0 Å². The summed E-state index contributed by atoms with van der Waals surface area (Å²) in [5.74, 6) is 1.43. The summed E-state index contributed by atoms with van der Waals surface area (Å²) >= 11 is 0. The highest BCUT2D eigenvalue weighted by Crippen LogP contribution is 2.25. The van der Waals surface area contributed by atoms with Gasteiger partial charge in [0.2, 0.25) is 0 Å². The first-order valence-corrected chi connectivity index (χ1v) is 11.3. The molecule has 0 spiro atoms. The molecule has 24 heavy (non-hydrogen) atoms. The topological polar surface area (TPSA) is 17.1 Å². The van der Waals surface area contributed by atoms with Gasteiger partial charge in [-0.3, -0.25) is 4.79 Å². The molecular weight excluding hydrogens is 292 g/mol. The van der Waals surface area contributed by atoms with Crippen LogP contribution in [0.5, 0.6) is 0 Å². The van der Waals surface area contributed by atoms with Crippen LogP contribution in [-0.4, -0.2) is 5.78 Å². The molecule has 0 aromatic carbocycles. The molecule has 0 unspecified atom stereocenters. The summed E-state index contributed by atoms with van der Waals surface area (Å²) in [5, 5.41) is 0. The molecule has 0 radical (unpaired) electrons. The SMILES string of the molecule is CCCC(=O)CCCCC1CCCCCCCCCCCCCC1. The standard InChI is InChI=1S/C23H44O/c1-2-17-23(24)21-16-15-20-22-18-13-11-9-7-5-3-4-6-8-10-12-14-19-22/h22H,2-21H2,1H3.